The van der Waals surface area contributed by atoms with Crippen molar-refractivity contribution >= 4 is 11.8 Å². The van der Waals surface area contributed by atoms with E-state index in [1.807, 2.05) is 4.57 Å². The summed E-state index contributed by atoms with van der Waals surface area (Å²) in [6.45, 7) is 3.83. The number of aromatic nitrogens is 2. The van der Waals surface area contributed by atoms with Crippen molar-refractivity contribution in [2.24, 2.45) is 5.92 Å². The zero-order valence-corrected chi connectivity index (χ0v) is 13.1. The minimum Gasteiger partial charge on any atom is -0.354 e. The molecule has 120 valence electrons. The van der Waals surface area contributed by atoms with Gasteiger partial charge in [0.15, 0.2) is 0 Å². The van der Waals surface area contributed by atoms with E-state index in [-0.39, 0.29) is 17.9 Å². The van der Waals surface area contributed by atoms with Crippen LogP contribution in [0.25, 0.3) is 0 Å². The number of hydrogen-bond donors (Lipinski definition) is 1. The van der Waals surface area contributed by atoms with Crippen molar-refractivity contribution in [3.8, 4) is 0 Å². The average molecular weight is 304 g/mol. The van der Waals surface area contributed by atoms with Gasteiger partial charge in [-0.1, -0.05) is 13.3 Å². The third-order valence-electron chi connectivity index (χ3n) is 4.49. The Balaban J connectivity index is 1.68. The van der Waals surface area contributed by atoms with Crippen molar-refractivity contribution in [3.63, 3.8) is 0 Å². The minimum absolute atomic E-state index is 0.000795. The Labute approximate surface area is 130 Å². The van der Waals surface area contributed by atoms with E-state index in [0.717, 1.165) is 25.1 Å². The first-order valence-corrected chi connectivity index (χ1v) is 8.25. The van der Waals surface area contributed by atoms with Gasteiger partial charge in [-0.15, -0.1) is 0 Å². The molecule has 0 bridgehead atoms. The molecule has 0 radical (unpaired) electrons. The third kappa shape index (κ3) is 3.31. The van der Waals surface area contributed by atoms with Gasteiger partial charge in [-0.3, -0.25) is 9.59 Å². The fourth-order valence-corrected chi connectivity index (χ4v) is 2.86. The van der Waals surface area contributed by atoms with E-state index in [9.17, 15) is 9.59 Å². The molecule has 1 saturated carbocycles. The van der Waals surface area contributed by atoms with Gasteiger partial charge < -0.3 is 14.8 Å². The Hall–Kier alpha value is -1.85. The van der Waals surface area contributed by atoms with Crippen molar-refractivity contribution in [3.05, 3.63) is 18.2 Å². The molecule has 6 nitrogen and oxygen atoms in total. The summed E-state index contributed by atoms with van der Waals surface area (Å²) in [5.74, 6) is 0.783. The lowest BCUT2D eigenvalue weighted by molar-refractivity contribution is -0.135. The van der Waals surface area contributed by atoms with E-state index in [1.54, 1.807) is 17.4 Å². The number of amides is 2. The number of hydrogen-bond acceptors (Lipinski definition) is 3. The van der Waals surface area contributed by atoms with Crippen LogP contribution in [0, 0.1) is 5.92 Å². The summed E-state index contributed by atoms with van der Waals surface area (Å²) in [6.07, 6.45) is 8.33. The molecule has 1 atom stereocenters. The predicted molar refractivity (Wildman–Crippen MR) is 81.9 cm³/mol. The van der Waals surface area contributed by atoms with Crippen molar-refractivity contribution in [2.75, 3.05) is 13.1 Å². The quantitative estimate of drug-likeness (QED) is 0.865. The fourth-order valence-electron chi connectivity index (χ4n) is 2.86. The van der Waals surface area contributed by atoms with Crippen LogP contribution in [-0.4, -0.2) is 39.4 Å². The van der Waals surface area contributed by atoms with E-state index < -0.39 is 0 Å². The first-order valence-electron chi connectivity index (χ1n) is 8.25. The number of fused-ring (bicyclic) bond motifs is 1. The normalized spacial score (nSPS) is 20.6. The van der Waals surface area contributed by atoms with Gasteiger partial charge in [-0.25, -0.2) is 4.98 Å². The number of rotatable bonds is 6. The molecule has 1 aliphatic carbocycles. The van der Waals surface area contributed by atoms with Crippen LogP contribution in [0.5, 0.6) is 0 Å². The van der Waals surface area contributed by atoms with Crippen LogP contribution in [0.4, 0.5) is 0 Å². The fraction of sp³-hybridized carbons (Fsp3) is 0.688. The SMILES string of the molecule is CCCCC(=O)N1Cc2cncn2C(C(=O)NCC2CC2)C1. The number of unbranched alkanes of at least 4 members (excludes halogenated alkanes) is 1. The molecule has 2 heterocycles. The summed E-state index contributed by atoms with van der Waals surface area (Å²) in [7, 11) is 0. The second-order valence-electron chi connectivity index (χ2n) is 6.37. The van der Waals surface area contributed by atoms with E-state index in [1.165, 1.54) is 12.8 Å². The lowest BCUT2D eigenvalue weighted by Gasteiger charge is -2.33. The summed E-state index contributed by atoms with van der Waals surface area (Å²) in [5.41, 5.74) is 0.933. The largest absolute Gasteiger partial charge is 0.354 e. The highest BCUT2D eigenvalue weighted by Crippen LogP contribution is 2.28. The Morgan fingerprint density at radius 3 is 2.95 bits per heavy atom. The van der Waals surface area contributed by atoms with Crippen LogP contribution in [-0.2, 0) is 16.1 Å². The van der Waals surface area contributed by atoms with Gasteiger partial charge in [0.05, 0.1) is 25.1 Å². The van der Waals surface area contributed by atoms with Crippen molar-refractivity contribution in [2.45, 2.75) is 51.6 Å². The zero-order chi connectivity index (χ0) is 15.5. The first-order chi connectivity index (χ1) is 10.7. The highest BCUT2D eigenvalue weighted by Gasteiger charge is 2.33. The maximum atomic E-state index is 12.5. The third-order valence-corrected chi connectivity index (χ3v) is 4.49. The van der Waals surface area contributed by atoms with Gasteiger partial charge in [-0.2, -0.15) is 0 Å². The van der Waals surface area contributed by atoms with E-state index >= 15 is 0 Å². The van der Waals surface area contributed by atoms with Gasteiger partial charge >= 0.3 is 0 Å². The summed E-state index contributed by atoms with van der Waals surface area (Å²) < 4.78 is 1.91. The zero-order valence-electron chi connectivity index (χ0n) is 13.1. The summed E-state index contributed by atoms with van der Waals surface area (Å²) >= 11 is 0. The van der Waals surface area contributed by atoms with Gasteiger partial charge in [0.25, 0.3) is 0 Å². The summed E-state index contributed by atoms with van der Waals surface area (Å²) in [5, 5.41) is 3.02. The molecule has 1 fully saturated rings. The Morgan fingerprint density at radius 2 is 2.23 bits per heavy atom. The average Bonchev–Trinajstić information content (AvgIpc) is 3.24. The number of imidazole rings is 1. The molecule has 1 unspecified atom stereocenters. The highest BCUT2D eigenvalue weighted by molar-refractivity contribution is 5.83. The number of nitrogens with zero attached hydrogens (tertiary/aromatic N) is 3. The monoisotopic (exact) mass is 304 g/mol. The standard InChI is InChI=1S/C16H24N4O2/c1-2-3-4-15(21)19-9-13-8-17-11-20(13)14(10-19)16(22)18-7-12-5-6-12/h8,11-12,14H,2-7,9-10H2,1H3,(H,18,22). The highest BCUT2D eigenvalue weighted by atomic mass is 16.2. The smallest absolute Gasteiger partial charge is 0.244 e. The Kier molecular flexibility index (Phi) is 4.45. The lowest BCUT2D eigenvalue weighted by atomic mass is 10.1. The van der Waals surface area contributed by atoms with Crippen LogP contribution in [0.15, 0.2) is 12.5 Å². The van der Waals surface area contributed by atoms with Gasteiger partial charge in [-0.05, 0) is 25.2 Å². The van der Waals surface area contributed by atoms with E-state index in [0.29, 0.717) is 25.4 Å². The van der Waals surface area contributed by atoms with E-state index in [2.05, 4.69) is 17.2 Å². The number of carbonyl (C=O) groups is 2. The van der Waals surface area contributed by atoms with Crippen LogP contribution in [0.1, 0.15) is 50.8 Å². The van der Waals surface area contributed by atoms with Gasteiger partial charge in [0, 0.05) is 19.2 Å². The number of carbonyl (C=O) groups excluding carboxylic acids is 2. The molecule has 3 rings (SSSR count). The Bertz CT molecular complexity index is 550. The van der Waals surface area contributed by atoms with Crippen LogP contribution in [0.3, 0.4) is 0 Å². The van der Waals surface area contributed by atoms with Crippen LogP contribution >= 0.6 is 0 Å². The first kappa shape index (κ1) is 15.1. The predicted octanol–water partition coefficient (Wildman–Crippen LogP) is 1.48. The summed E-state index contributed by atoms with van der Waals surface area (Å²) in [6, 6.07) is -0.351. The molecule has 2 aliphatic rings. The molecular weight excluding hydrogens is 280 g/mol. The second kappa shape index (κ2) is 6.50. The molecule has 1 aromatic rings. The molecule has 0 saturated heterocycles. The van der Waals surface area contributed by atoms with Crippen molar-refractivity contribution in [1.29, 1.82) is 0 Å². The van der Waals surface area contributed by atoms with Gasteiger partial charge in [0.1, 0.15) is 6.04 Å². The van der Waals surface area contributed by atoms with Crippen molar-refractivity contribution in [1.82, 2.24) is 19.8 Å². The van der Waals surface area contributed by atoms with Crippen LogP contribution < -0.4 is 5.32 Å². The summed E-state index contributed by atoms with van der Waals surface area (Å²) in [4.78, 5) is 30.7. The molecule has 0 aromatic carbocycles. The van der Waals surface area contributed by atoms with E-state index in [4.69, 9.17) is 0 Å². The van der Waals surface area contributed by atoms with Gasteiger partial charge in [0.2, 0.25) is 11.8 Å². The molecule has 1 N–H and O–H groups in total. The molecule has 6 heteroatoms. The lowest BCUT2D eigenvalue weighted by Crippen LogP contribution is -2.46. The second-order valence-corrected chi connectivity index (χ2v) is 6.37. The number of nitrogens with one attached hydrogen (secondary N) is 1. The van der Waals surface area contributed by atoms with Crippen LogP contribution in [0.2, 0.25) is 0 Å². The van der Waals surface area contributed by atoms with Crippen molar-refractivity contribution < 1.29 is 9.59 Å². The molecular formula is C16H24N4O2. The topological polar surface area (TPSA) is 67.2 Å². The minimum atomic E-state index is -0.351. The molecule has 0 spiro atoms. The molecule has 2 amide bonds. The Morgan fingerprint density at radius 1 is 1.41 bits per heavy atom. The molecule has 22 heavy (non-hydrogen) atoms. The molecule has 1 aliphatic heterocycles. The maximum absolute atomic E-state index is 12.5. The molecule has 1 aromatic heterocycles. The maximum Gasteiger partial charge on any atom is 0.244 e.